The van der Waals surface area contributed by atoms with E-state index in [0.717, 1.165) is 0 Å². The molecule has 0 saturated heterocycles. The van der Waals surface area contributed by atoms with Crippen LogP contribution in [0.3, 0.4) is 0 Å². The number of methoxy groups -OCH3 is 1. The van der Waals surface area contributed by atoms with E-state index in [9.17, 15) is 10.1 Å². The lowest BCUT2D eigenvalue weighted by molar-refractivity contribution is -0.385. The third-order valence-electron chi connectivity index (χ3n) is 2.09. The molecule has 1 rings (SSSR count). The van der Waals surface area contributed by atoms with Crippen molar-refractivity contribution in [1.82, 2.24) is 10.7 Å². The number of hydrogen-bond donors (Lipinski definition) is 2. The molecule has 0 saturated carbocycles. The molecule has 1 aromatic rings. The number of benzene rings is 1. The summed E-state index contributed by atoms with van der Waals surface area (Å²) in [4.78, 5) is 10.3. The highest BCUT2D eigenvalue weighted by molar-refractivity contribution is 7.80. The number of hydrogen-bond acceptors (Lipinski definition) is 5. The molecule has 1 aromatic carbocycles. The van der Waals surface area contributed by atoms with Crippen LogP contribution in [0.4, 0.5) is 5.69 Å². The van der Waals surface area contributed by atoms with E-state index in [1.54, 1.807) is 25.3 Å². The molecule has 0 aromatic heterocycles. The van der Waals surface area contributed by atoms with Crippen LogP contribution in [0.25, 0.3) is 0 Å². The predicted molar refractivity (Wildman–Crippen MR) is 76.3 cm³/mol. The minimum absolute atomic E-state index is 0.00805. The number of ether oxygens (including phenoxy) is 1. The maximum absolute atomic E-state index is 10.8. The fraction of sp³-hybridized carbons (Fsp3) is 0.273. The Morgan fingerprint density at radius 1 is 1.58 bits per heavy atom. The monoisotopic (exact) mass is 282 g/mol. The first-order valence-corrected chi connectivity index (χ1v) is 5.85. The third kappa shape index (κ3) is 5.40. The normalized spacial score (nSPS) is 10.4. The maximum Gasteiger partial charge on any atom is 0.278 e. The van der Waals surface area contributed by atoms with Crippen LogP contribution in [-0.4, -0.2) is 36.5 Å². The Morgan fingerprint density at radius 3 is 3.00 bits per heavy atom. The van der Waals surface area contributed by atoms with Crippen molar-refractivity contribution in [3.05, 3.63) is 39.9 Å². The van der Waals surface area contributed by atoms with Gasteiger partial charge in [0, 0.05) is 19.7 Å². The van der Waals surface area contributed by atoms with Crippen molar-refractivity contribution < 1.29 is 9.66 Å². The minimum atomic E-state index is -0.462. The minimum Gasteiger partial charge on any atom is -0.383 e. The smallest absolute Gasteiger partial charge is 0.278 e. The van der Waals surface area contributed by atoms with Gasteiger partial charge in [-0.2, -0.15) is 5.10 Å². The Bertz CT molecular complexity index is 479. The molecular formula is C11H14N4O3S. The van der Waals surface area contributed by atoms with Crippen LogP contribution in [0.15, 0.2) is 29.4 Å². The summed E-state index contributed by atoms with van der Waals surface area (Å²) in [6.07, 6.45) is 1.35. The summed E-state index contributed by atoms with van der Waals surface area (Å²) in [5.41, 5.74) is 2.96. The summed E-state index contributed by atoms with van der Waals surface area (Å²) in [5, 5.41) is 17.8. The second kappa shape index (κ2) is 8.11. The van der Waals surface area contributed by atoms with E-state index in [2.05, 4.69) is 15.8 Å². The molecule has 0 bridgehead atoms. The van der Waals surface area contributed by atoms with Crippen molar-refractivity contribution in [1.29, 1.82) is 0 Å². The molecule has 2 N–H and O–H groups in total. The Kier molecular flexibility index (Phi) is 6.41. The zero-order chi connectivity index (χ0) is 14.1. The zero-order valence-corrected chi connectivity index (χ0v) is 11.1. The van der Waals surface area contributed by atoms with Crippen LogP contribution in [-0.2, 0) is 4.74 Å². The van der Waals surface area contributed by atoms with E-state index in [4.69, 9.17) is 17.0 Å². The number of hydrazone groups is 1. The second-order valence-electron chi connectivity index (χ2n) is 3.43. The van der Waals surface area contributed by atoms with Gasteiger partial charge in [0.25, 0.3) is 5.69 Å². The Labute approximate surface area is 115 Å². The second-order valence-corrected chi connectivity index (χ2v) is 3.84. The van der Waals surface area contributed by atoms with Crippen LogP contribution in [0, 0.1) is 10.1 Å². The van der Waals surface area contributed by atoms with Gasteiger partial charge in [-0.1, -0.05) is 12.1 Å². The van der Waals surface area contributed by atoms with Gasteiger partial charge in [0.2, 0.25) is 0 Å². The number of nitro groups is 1. The topological polar surface area (TPSA) is 88.8 Å². The number of nitrogens with one attached hydrogen (secondary N) is 2. The lowest BCUT2D eigenvalue weighted by atomic mass is 10.2. The molecule has 8 heteroatoms. The van der Waals surface area contributed by atoms with Crippen molar-refractivity contribution in [2.24, 2.45) is 5.10 Å². The molecule has 0 aliphatic carbocycles. The highest BCUT2D eigenvalue weighted by Crippen LogP contribution is 2.14. The Balaban J connectivity index is 2.53. The standard InChI is InChI=1S/C11H14N4O3S/c1-18-7-6-12-11(19)14-13-8-9-4-2-3-5-10(9)15(16)17/h2-5,8H,6-7H2,1H3,(H2,12,14,19)/b13-8+. The van der Waals surface area contributed by atoms with Crippen molar-refractivity contribution in [3.8, 4) is 0 Å². The molecule has 0 atom stereocenters. The van der Waals surface area contributed by atoms with Crippen molar-refractivity contribution in [3.63, 3.8) is 0 Å². The maximum atomic E-state index is 10.8. The van der Waals surface area contributed by atoms with Crippen molar-refractivity contribution in [2.75, 3.05) is 20.3 Å². The molecule has 0 amide bonds. The fourth-order valence-electron chi connectivity index (χ4n) is 1.23. The average Bonchev–Trinajstić information content (AvgIpc) is 2.39. The SMILES string of the molecule is COCCNC(=S)N/N=C/c1ccccc1[N+](=O)[O-]. The molecule has 0 heterocycles. The first-order chi connectivity index (χ1) is 9.15. The Morgan fingerprint density at radius 2 is 2.32 bits per heavy atom. The molecule has 0 spiro atoms. The highest BCUT2D eigenvalue weighted by Gasteiger charge is 2.09. The highest BCUT2D eigenvalue weighted by atomic mass is 32.1. The number of para-hydroxylation sites is 1. The van der Waals surface area contributed by atoms with Crippen LogP contribution in [0.5, 0.6) is 0 Å². The first-order valence-electron chi connectivity index (χ1n) is 5.44. The van der Waals surface area contributed by atoms with Gasteiger partial charge in [0.05, 0.1) is 23.3 Å². The van der Waals surface area contributed by atoms with E-state index in [-0.39, 0.29) is 5.69 Å². The first kappa shape index (κ1) is 15.0. The molecule has 0 unspecified atom stereocenters. The molecule has 19 heavy (non-hydrogen) atoms. The quantitative estimate of drug-likeness (QED) is 0.266. The predicted octanol–water partition coefficient (Wildman–Crippen LogP) is 1.04. The summed E-state index contributed by atoms with van der Waals surface area (Å²) in [5.74, 6) is 0. The molecular weight excluding hydrogens is 268 g/mol. The molecule has 0 aliphatic rings. The van der Waals surface area contributed by atoms with Gasteiger partial charge in [-0.25, -0.2) is 0 Å². The van der Waals surface area contributed by atoms with E-state index >= 15 is 0 Å². The van der Waals surface area contributed by atoms with Gasteiger partial charge in [0.15, 0.2) is 5.11 Å². The van der Waals surface area contributed by atoms with Gasteiger partial charge >= 0.3 is 0 Å². The van der Waals surface area contributed by atoms with Gasteiger partial charge in [-0.15, -0.1) is 0 Å². The van der Waals surface area contributed by atoms with Gasteiger partial charge in [0.1, 0.15) is 0 Å². The lowest BCUT2D eigenvalue weighted by Crippen LogP contribution is -2.34. The van der Waals surface area contributed by atoms with E-state index in [1.807, 2.05) is 0 Å². The van der Waals surface area contributed by atoms with Crippen molar-refractivity contribution >= 4 is 29.2 Å². The number of thiocarbonyl (C=S) groups is 1. The van der Waals surface area contributed by atoms with E-state index in [1.165, 1.54) is 12.3 Å². The average molecular weight is 282 g/mol. The molecule has 102 valence electrons. The van der Waals surface area contributed by atoms with Gasteiger partial charge in [-0.05, 0) is 18.3 Å². The number of nitrogens with zero attached hydrogens (tertiary/aromatic N) is 2. The van der Waals surface area contributed by atoms with Crippen LogP contribution < -0.4 is 10.7 Å². The van der Waals surface area contributed by atoms with Crippen LogP contribution in [0.1, 0.15) is 5.56 Å². The summed E-state index contributed by atoms with van der Waals surface area (Å²) >= 11 is 4.94. The van der Waals surface area contributed by atoms with Crippen LogP contribution in [0.2, 0.25) is 0 Å². The largest absolute Gasteiger partial charge is 0.383 e. The molecule has 7 nitrogen and oxygen atoms in total. The summed E-state index contributed by atoms with van der Waals surface area (Å²) in [6, 6.07) is 6.31. The summed E-state index contributed by atoms with van der Waals surface area (Å²) in [6.45, 7) is 1.08. The zero-order valence-electron chi connectivity index (χ0n) is 10.3. The lowest BCUT2D eigenvalue weighted by Gasteiger charge is -2.05. The molecule has 0 fully saturated rings. The molecule has 0 radical (unpaired) electrons. The van der Waals surface area contributed by atoms with E-state index in [0.29, 0.717) is 23.8 Å². The third-order valence-corrected chi connectivity index (χ3v) is 2.33. The van der Waals surface area contributed by atoms with E-state index < -0.39 is 4.92 Å². The van der Waals surface area contributed by atoms with Gasteiger partial charge < -0.3 is 10.1 Å². The van der Waals surface area contributed by atoms with Crippen LogP contribution >= 0.6 is 12.2 Å². The summed E-state index contributed by atoms with van der Waals surface area (Å²) in [7, 11) is 1.59. The molecule has 0 aliphatic heterocycles. The summed E-state index contributed by atoms with van der Waals surface area (Å²) < 4.78 is 4.84. The number of nitro benzene ring substituents is 1. The fourth-order valence-corrected chi connectivity index (χ4v) is 1.38. The Hall–Kier alpha value is -2.06. The van der Waals surface area contributed by atoms with Crippen molar-refractivity contribution in [2.45, 2.75) is 0 Å². The van der Waals surface area contributed by atoms with Gasteiger partial charge in [-0.3, -0.25) is 15.5 Å². The number of rotatable bonds is 6.